The van der Waals surface area contributed by atoms with Crippen LogP contribution in [0.2, 0.25) is 0 Å². The highest BCUT2D eigenvalue weighted by molar-refractivity contribution is 6.18. The van der Waals surface area contributed by atoms with Gasteiger partial charge in [-0.1, -0.05) is 25.1 Å². The first-order valence-electron chi connectivity index (χ1n) is 6.17. The van der Waals surface area contributed by atoms with Crippen LogP contribution in [0.5, 0.6) is 0 Å². The summed E-state index contributed by atoms with van der Waals surface area (Å²) in [5.74, 6) is 1.64. The third-order valence-corrected chi connectivity index (χ3v) is 4.66. The van der Waals surface area contributed by atoms with E-state index in [1.54, 1.807) is 0 Å². The number of halogens is 1. The molecule has 0 aliphatic heterocycles. The van der Waals surface area contributed by atoms with Crippen LogP contribution in [0, 0.1) is 25.2 Å². The zero-order valence-corrected chi connectivity index (χ0v) is 11.3. The second-order valence-corrected chi connectivity index (χ2v) is 5.92. The van der Waals surface area contributed by atoms with Gasteiger partial charge in [0.05, 0.1) is 0 Å². The van der Waals surface area contributed by atoms with E-state index >= 15 is 0 Å². The van der Waals surface area contributed by atoms with E-state index in [0.29, 0.717) is 5.41 Å². The average Bonchev–Trinajstić information content (AvgIpc) is 3.07. The van der Waals surface area contributed by atoms with Gasteiger partial charge < -0.3 is 0 Å². The van der Waals surface area contributed by atoms with Gasteiger partial charge in [0, 0.05) is 5.88 Å². The minimum Gasteiger partial charge on any atom is -0.126 e. The van der Waals surface area contributed by atoms with Gasteiger partial charge in [-0.2, -0.15) is 0 Å². The fraction of sp³-hybridized carbons (Fsp3) is 0.600. The molecule has 0 amide bonds. The largest absolute Gasteiger partial charge is 0.126 e. The first-order chi connectivity index (χ1) is 7.55. The maximum atomic E-state index is 6.16. The summed E-state index contributed by atoms with van der Waals surface area (Å²) in [6.45, 7) is 6.70. The maximum Gasteiger partial charge on any atom is 0.0283 e. The number of alkyl halides is 1. The smallest absolute Gasteiger partial charge is 0.0283 e. The van der Waals surface area contributed by atoms with Crippen molar-refractivity contribution in [2.24, 2.45) is 11.3 Å². The van der Waals surface area contributed by atoms with E-state index in [4.69, 9.17) is 11.6 Å². The monoisotopic (exact) mass is 236 g/mol. The molecular weight excluding hydrogens is 216 g/mol. The van der Waals surface area contributed by atoms with E-state index in [0.717, 1.165) is 18.2 Å². The molecule has 0 N–H and O–H groups in total. The molecule has 1 aliphatic rings. The Hall–Kier alpha value is -0.490. The molecule has 0 nitrogen and oxygen atoms in total. The van der Waals surface area contributed by atoms with E-state index in [9.17, 15) is 0 Å². The second kappa shape index (κ2) is 4.41. The standard InChI is InChI=1S/C15H21Cl/c1-11-4-5-13(8-12(11)2)9-15(3,10-16)14-6-7-14/h4-5,8,14H,6-7,9-10H2,1-3H3. The molecule has 0 aromatic heterocycles. The molecule has 1 saturated carbocycles. The third kappa shape index (κ3) is 2.43. The highest BCUT2D eigenvalue weighted by Crippen LogP contribution is 2.48. The van der Waals surface area contributed by atoms with Gasteiger partial charge in [0.15, 0.2) is 0 Å². The Bertz CT molecular complexity index is 379. The van der Waals surface area contributed by atoms with Crippen molar-refractivity contribution in [1.82, 2.24) is 0 Å². The molecule has 1 aromatic carbocycles. The molecule has 1 aromatic rings. The molecule has 0 heterocycles. The summed E-state index contributed by atoms with van der Waals surface area (Å²) < 4.78 is 0. The Kier molecular flexibility index (Phi) is 3.30. The Balaban J connectivity index is 2.15. The topological polar surface area (TPSA) is 0 Å². The summed E-state index contributed by atoms with van der Waals surface area (Å²) in [5.41, 5.74) is 4.52. The predicted octanol–water partition coefficient (Wildman–Crippen LogP) is 4.50. The van der Waals surface area contributed by atoms with Crippen molar-refractivity contribution in [2.75, 3.05) is 5.88 Å². The SMILES string of the molecule is Cc1ccc(CC(C)(CCl)C2CC2)cc1C. The summed E-state index contributed by atoms with van der Waals surface area (Å²) in [4.78, 5) is 0. The Morgan fingerprint density at radius 2 is 1.94 bits per heavy atom. The number of hydrogen-bond donors (Lipinski definition) is 0. The fourth-order valence-electron chi connectivity index (χ4n) is 2.46. The molecule has 2 rings (SSSR count). The first-order valence-corrected chi connectivity index (χ1v) is 6.71. The molecule has 1 fully saturated rings. The number of aryl methyl sites for hydroxylation is 2. The Labute approximate surface area is 104 Å². The van der Waals surface area contributed by atoms with Crippen molar-refractivity contribution in [3.05, 3.63) is 34.9 Å². The van der Waals surface area contributed by atoms with Crippen LogP contribution >= 0.6 is 11.6 Å². The van der Waals surface area contributed by atoms with Crippen LogP contribution in [0.1, 0.15) is 36.5 Å². The summed E-state index contributed by atoms with van der Waals surface area (Å²) in [5, 5.41) is 0. The normalized spacial score (nSPS) is 19.5. The summed E-state index contributed by atoms with van der Waals surface area (Å²) in [7, 11) is 0. The lowest BCUT2D eigenvalue weighted by molar-refractivity contribution is 0.313. The van der Waals surface area contributed by atoms with Gasteiger partial charge in [0.25, 0.3) is 0 Å². The average molecular weight is 237 g/mol. The van der Waals surface area contributed by atoms with Gasteiger partial charge in [0.2, 0.25) is 0 Å². The number of benzene rings is 1. The predicted molar refractivity (Wildman–Crippen MR) is 71.2 cm³/mol. The molecular formula is C15H21Cl. The van der Waals surface area contributed by atoms with Crippen molar-refractivity contribution in [3.63, 3.8) is 0 Å². The second-order valence-electron chi connectivity index (χ2n) is 5.66. The molecule has 0 radical (unpaired) electrons. The lowest BCUT2D eigenvalue weighted by Crippen LogP contribution is -2.24. The third-order valence-electron chi connectivity index (χ3n) is 4.05. The molecule has 0 bridgehead atoms. The molecule has 1 atom stereocenters. The minimum absolute atomic E-state index is 0.309. The van der Waals surface area contributed by atoms with E-state index in [1.807, 2.05) is 0 Å². The van der Waals surface area contributed by atoms with Crippen LogP contribution in [-0.2, 0) is 6.42 Å². The zero-order valence-electron chi connectivity index (χ0n) is 10.5. The van der Waals surface area contributed by atoms with Gasteiger partial charge in [-0.15, -0.1) is 11.6 Å². The molecule has 1 heteroatoms. The Morgan fingerprint density at radius 1 is 1.25 bits per heavy atom. The van der Waals surface area contributed by atoms with E-state index in [2.05, 4.69) is 39.0 Å². The summed E-state index contributed by atoms with van der Waals surface area (Å²) >= 11 is 6.16. The Morgan fingerprint density at radius 3 is 2.44 bits per heavy atom. The summed E-state index contributed by atoms with van der Waals surface area (Å²) in [6, 6.07) is 6.81. The van der Waals surface area contributed by atoms with Crippen LogP contribution in [0.15, 0.2) is 18.2 Å². The van der Waals surface area contributed by atoms with Crippen LogP contribution in [0.3, 0.4) is 0 Å². The van der Waals surface area contributed by atoms with Crippen molar-refractivity contribution < 1.29 is 0 Å². The minimum atomic E-state index is 0.309. The maximum absolute atomic E-state index is 6.16. The number of hydrogen-bond acceptors (Lipinski definition) is 0. The van der Waals surface area contributed by atoms with Gasteiger partial charge in [0.1, 0.15) is 0 Å². The number of rotatable bonds is 4. The van der Waals surface area contributed by atoms with Crippen LogP contribution < -0.4 is 0 Å². The van der Waals surface area contributed by atoms with Gasteiger partial charge in [-0.25, -0.2) is 0 Å². The molecule has 88 valence electrons. The quantitative estimate of drug-likeness (QED) is 0.676. The zero-order chi connectivity index (χ0) is 11.8. The molecule has 0 saturated heterocycles. The lowest BCUT2D eigenvalue weighted by Gasteiger charge is -2.27. The van der Waals surface area contributed by atoms with Gasteiger partial charge in [-0.3, -0.25) is 0 Å². The molecule has 16 heavy (non-hydrogen) atoms. The van der Waals surface area contributed by atoms with Crippen LogP contribution in [0.4, 0.5) is 0 Å². The molecule has 0 spiro atoms. The van der Waals surface area contributed by atoms with Crippen molar-refractivity contribution in [2.45, 2.75) is 40.0 Å². The summed E-state index contributed by atoms with van der Waals surface area (Å²) in [6.07, 6.45) is 3.87. The van der Waals surface area contributed by atoms with Gasteiger partial charge in [-0.05, 0) is 61.1 Å². The van der Waals surface area contributed by atoms with E-state index < -0.39 is 0 Å². The van der Waals surface area contributed by atoms with Crippen molar-refractivity contribution >= 4 is 11.6 Å². The molecule has 1 unspecified atom stereocenters. The van der Waals surface area contributed by atoms with Gasteiger partial charge >= 0.3 is 0 Å². The van der Waals surface area contributed by atoms with Crippen molar-refractivity contribution in [3.8, 4) is 0 Å². The fourth-order valence-corrected chi connectivity index (χ4v) is 2.77. The highest BCUT2D eigenvalue weighted by Gasteiger charge is 2.40. The van der Waals surface area contributed by atoms with Crippen LogP contribution in [-0.4, -0.2) is 5.88 Å². The highest BCUT2D eigenvalue weighted by atomic mass is 35.5. The molecule has 1 aliphatic carbocycles. The van der Waals surface area contributed by atoms with Crippen LogP contribution in [0.25, 0.3) is 0 Å². The van der Waals surface area contributed by atoms with E-state index in [-0.39, 0.29) is 0 Å². The van der Waals surface area contributed by atoms with E-state index in [1.165, 1.54) is 29.5 Å². The lowest BCUT2D eigenvalue weighted by atomic mass is 9.80. The first kappa shape index (κ1) is 12.0. The van der Waals surface area contributed by atoms with Crippen molar-refractivity contribution in [1.29, 1.82) is 0 Å².